The minimum absolute atomic E-state index is 0.0448. The van der Waals surface area contributed by atoms with Crippen LogP contribution in [0.2, 0.25) is 5.02 Å². The zero-order valence-electron chi connectivity index (χ0n) is 19.3. The number of hydrogen-bond donors (Lipinski definition) is 1. The summed E-state index contributed by atoms with van der Waals surface area (Å²) in [7, 11) is -2.36. The summed E-state index contributed by atoms with van der Waals surface area (Å²) in [5, 5.41) is 3.02. The summed E-state index contributed by atoms with van der Waals surface area (Å²) in [6, 6.07) is 10.9. The Labute approximate surface area is 204 Å². The molecule has 0 bridgehead atoms. The first-order valence-electron chi connectivity index (χ1n) is 10.8. The maximum Gasteiger partial charge on any atom is 0.244 e. The van der Waals surface area contributed by atoms with Crippen molar-refractivity contribution in [3.63, 3.8) is 0 Å². The van der Waals surface area contributed by atoms with E-state index in [1.165, 1.54) is 18.0 Å². The Hall–Kier alpha value is -2.98. The Morgan fingerprint density at radius 3 is 2.41 bits per heavy atom. The van der Waals surface area contributed by atoms with Crippen LogP contribution in [0.5, 0.6) is 11.5 Å². The molecule has 184 valence electrons. The highest BCUT2D eigenvalue weighted by molar-refractivity contribution is 7.92. The highest BCUT2D eigenvalue weighted by atomic mass is 35.5. The van der Waals surface area contributed by atoms with Crippen LogP contribution in [0.4, 0.5) is 5.69 Å². The highest BCUT2D eigenvalue weighted by Crippen LogP contribution is 2.34. The van der Waals surface area contributed by atoms with Gasteiger partial charge in [-0.3, -0.25) is 13.9 Å². The predicted octanol–water partition coefficient (Wildman–Crippen LogP) is 2.43. The van der Waals surface area contributed by atoms with Gasteiger partial charge in [0.05, 0.1) is 11.9 Å². The van der Waals surface area contributed by atoms with Gasteiger partial charge < -0.3 is 19.7 Å². The van der Waals surface area contributed by atoms with E-state index in [0.29, 0.717) is 41.7 Å². The number of anilines is 1. The van der Waals surface area contributed by atoms with E-state index in [2.05, 4.69) is 5.32 Å². The van der Waals surface area contributed by atoms with Gasteiger partial charge in [-0.15, -0.1) is 0 Å². The van der Waals surface area contributed by atoms with Gasteiger partial charge in [0.15, 0.2) is 11.5 Å². The number of benzene rings is 2. The number of nitrogens with zero attached hydrogens (tertiary/aromatic N) is 2. The standard InChI is InChI=1S/C23H28ClN3O6S/c1-4-19(23(29)25-2)26(14-16-7-5-6-8-18(16)24)22(28)15-27(34(3,30)31)17-9-10-20-21(13-17)33-12-11-32-20/h5-10,13,19H,4,11-12,14-15H2,1-3H3,(H,25,29)/t19-/m0/s1. The van der Waals surface area contributed by atoms with E-state index < -0.39 is 28.5 Å². The Balaban J connectivity index is 1.96. The summed E-state index contributed by atoms with van der Waals surface area (Å²) in [5.41, 5.74) is 0.899. The van der Waals surface area contributed by atoms with Gasteiger partial charge in [0.25, 0.3) is 0 Å². The molecule has 1 N–H and O–H groups in total. The molecule has 0 saturated carbocycles. The molecule has 2 aromatic rings. The number of carbonyl (C=O) groups excluding carboxylic acids is 2. The van der Waals surface area contributed by atoms with Gasteiger partial charge in [-0.25, -0.2) is 8.42 Å². The number of nitrogens with one attached hydrogen (secondary N) is 1. The summed E-state index contributed by atoms with van der Waals surface area (Å²) in [5.74, 6) is -0.000761. The first kappa shape index (κ1) is 25.6. The fourth-order valence-electron chi connectivity index (χ4n) is 3.70. The number of likely N-dealkylation sites (N-methyl/N-ethyl adjacent to an activating group) is 1. The van der Waals surface area contributed by atoms with E-state index in [9.17, 15) is 18.0 Å². The summed E-state index contributed by atoms with van der Waals surface area (Å²) >= 11 is 6.31. The Bertz CT molecular complexity index is 1160. The smallest absolute Gasteiger partial charge is 0.244 e. The van der Waals surface area contributed by atoms with E-state index in [4.69, 9.17) is 21.1 Å². The van der Waals surface area contributed by atoms with Crippen molar-refractivity contribution in [3.05, 3.63) is 53.1 Å². The third-order valence-corrected chi connectivity index (χ3v) is 6.93. The third kappa shape index (κ3) is 5.92. The van der Waals surface area contributed by atoms with Crippen molar-refractivity contribution in [2.45, 2.75) is 25.9 Å². The molecule has 11 heteroatoms. The number of hydrogen-bond acceptors (Lipinski definition) is 6. The molecule has 2 amide bonds. The van der Waals surface area contributed by atoms with Crippen molar-refractivity contribution in [2.24, 2.45) is 0 Å². The van der Waals surface area contributed by atoms with Crippen molar-refractivity contribution in [3.8, 4) is 11.5 Å². The second-order valence-electron chi connectivity index (χ2n) is 7.75. The van der Waals surface area contributed by atoms with Crippen LogP contribution in [-0.4, -0.2) is 64.2 Å². The molecule has 0 radical (unpaired) electrons. The monoisotopic (exact) mass is 509 g/mol. The van der Waals surface area contributed by atoms with E-state index in [1.54, 1.807) is 43.3 Å². The zero-order valence-corrected chi connectivity index (χ0v) is 20.9. The van der Waals surface area contributed by atoms with Crippen molar-refractivity contribution in [1.29, 1.82) is 0 Å². The number of fused-ring (bicyclic) bond motifs is 1. The third-order valence-electron chi connectivity index (χ3n) is 5.42. The van der Waals surface area contributed by atoms with Crippen LogP contribution in [0.3, 0.4) is 0 Å². The molecule has 34 heavy (non-hydrogen) atoms. The molecule has 9 nitrogen and oxygen atoms in total. The molecule has 0 saturated heterocycles. The van der Waals surface area contributed by atoms with Crippen LogP contribution in [0.25, 0.3) is 0 Å². The van der Waals surface area contributed by atoms with E-state index in [1.807, 2.05) is 0 Å². The number of halogens is 1. The molecule has 0 aromatic heterocycles. The maximum atomic E-state index is 13.5. The van der Waals surface area contributed by atoms with Gasteiger partial charge in [0.1, 0.15) is 25.8 Å². The molecule has 0 fully saturated rings. The summed E-state index contributed by atoms with van der Waals surface area (Å²) in [6.07, 6.45) is 1.35. The minimum Gasteiger partial charge on any atom is -0.486 e. The molecule has 1 atom stereocenters. The molecular weight excluding hydrogens is 482 g/mol. The summed E-state index contributed by atoms with van der Waals surface area (Å²) < 4.78 is 37.4. The van der Waals surface area contributed by atoms with E-state index in [0.717, 1.165) is 10.6 Å². The number of sulfonamides is 1. The summed E-state index contributed by atoms with van der Waals surface area (Å²) in [6.45, 7) is 2.06. The van der Waals surface area contributed by atoms with Crippen molar-refractivity contribution in [2.75, 3.05) is 37.4 Å². The van der Waals surface area contributed by atoms with Gasteiger partial charge >= 0.3 is 0 Å². The van der Waals surface area contributed by atoms with Crippen LogP contribution in [0, 0.1) is 0 Å². The number of amides is 2. The first-order chi connectivity index (χ1) is 16.2. The zero-order chi connectivity index (χ0) is 24.9. The quantitative estimate of drug-likeness (QED) is 0.556. The Morgan fingerprint density at radius 1 is 1.12 bits per heavy atom. The molecular formula is C23H28ClN3O6S. The first-order valence-corrected chi connectivity index (χ1v) is 13.0. The van der Waals surface area contributed by atoms with Crippen molar-refractivity contribution >= 4 is 39.1 Å². The average molecular weight is 510 g/mol. The molecule has 1 heterocycles. The Kier molecular flexibility index (Phi) is 8.27. The SMILES string of the molecule is CC[C@@H](C(=O)NC)N(Cc1ccccc1Cl)C(=O)CN(c1ccc2c(c1)OCCO2)S(C)(=O)=O. The molecule has 0 unspecified atom stereocenters. The fourth-order valence-corrected chi connectivity index (χ4v) is 4.73. The van der Waals surface area contributed by atoms with Crippen LogP contribution in [0.15, 0.2) is 42.5 Å². The largest absolute Gasteiger partial charge is 0.486 e. The van der Waals surface area contributed by atoms with Crippen molar-refractivity contribution < 1.29 is 27.5 Å². The molecule has 0 spiro atoms. The normalized spacial score (nSPS) is 13.6. The minimum atomic E-state index is -3.85. The number of carbonyl (C=O) groups is 2. The van der Waals surface area contributed by atoms with Crippen LogP contribution < -0.4 is 19.1 Å². The fraction of sp³-hybridized carbons (Fsp3) is 0.391. The molecule has 2 aromatic carbocycles. The molecule has 1 aliphatic heterocycles. The summed E-state index contributed by atoms with van der Waals surface area (Å²) in [4.78, 5) is 27.5. The number of ether oxygens (including phenoxy) is 2. The van der Waals surface area contributed by atoms with Gasteiger partial charge in [-0.1, -0.05) is 36.7 Å². The second-order valence-corrected chi connectivity index (χ2v) is 10.1. The highest BCUT2D eigenvalue weighted by Gasteiger charge is 2.32. The van der Waals surface area contributed by atoms with Crippen LogP contribution in [-0.2, 0) is 26.2 Å². The van der Waals surface area contributed by atoms with Gasteiger partial charge in [0.2, 0.25) is 21.8 Å². The van der Waals surface area contributed by atoms with Crippen molar-refractivity contribution in [1.82, 2.24) is 10.2 Å². The van der Waals surface area contributed by atoms with Gasteiger partial charge in [-0.05, 0) is 30.2 Å². The van der Waals surface area contributed by atoms with Gasteiger partial charge in [-0.2, -0.15) is 0 Å². The van der Waals surface area contributed by atoms with Crippen LogP contribution in [0.1, 0.15) is 18.9 Å². The lowest BCUT2D eigenvalue weighted by Crippen LogP contribution is -2.51. The molecule has 0 aliphatic carbocycles. The molecule has 1 aliphatic rings. The maximum absolute atomic E-state index is 13.5. The topological polar surface area (TPSA) is 105 Å². The number of rotatable bonds is 9. The predicted molar refractivity (Wildman–Crippen MR) is 130 cm³/mol. The lowest BCUT2D eigenvalue weighted by Gasteiger charge is -2.33. The lowest BCUT2D eigenvalue weighted by molar-refractivity contribution is -0.140. The van der Waals surface area contributed by atoms with E-state index >= 15 is 0 Å². The lowest BCUT2D eigenvalue weighted by atomic mass is 10.1. The van der Waals surface area contributed by atoms with Gasteiger partial charge in [0, 0.05) is 24.7 Å². The average Bonchev–Trinajstić information content (AvgIpc) is 2.82. The molecule has 3 rings (SSSR count). The van der Waals surface area contributed by atoms with E-state index in [-0.39, 0.29) is 18.1 Å². The van der Waals surface area contributed by atoms with Crippen LogP contribution >= 0.6 is 11.6 Å². The Morgan fingerprint density at radius 2 is 1.79 bits per heavy atom. The second kappa shape index (κ2) is 11.0.